The molecule has 37 heteroatoms. The summed E-state index contributed by atoms with van der Waals surface area (Å²) in [5, 5.41) is 203. The number of rotatable bonds is 20. The first-order chi connectivity index (χ1) is 40.1. The van der Waals surface area contributed by atoms with E-state index in [4.69, 9.17) is 61.6 Å². The summed E-state index contributed by atoms with van der Waals surface area (Å²) in [4.78, 5) is 38.0. The fourth-order valence-corrected chi connectivity index (χ4v) is 11.0. The van der Waals surface area contributed by atoms with Gasteiger partial charge in [-0.3, -0.25) is 14.4 Å². The Morgan fingerprint density at radius 2 is 0.682 bits per heavy atom. The van der Waals surface area contributed by atoms with Crippen LogP contribution in [0, 0.1) is 0 Å². The topological polar surface area (TPSA) is 571 Å². The first-order valence-electron chi connectivity index (χ1n) is 27.3. The third-order valence-electron chi connectivity index (χ3n) is 15.7. The van der Waals surface area contributed by atoms with Gasteiger partial charge >= 0.3 is 0 Å². The molecule has 37 nitrogen and oxygen atoms in total. The lowest BCUT2D eigenvalue weighted by molar-refractivity contribution is -0.386. The van der Waals surface area contributed by atoms with Crippen LogP contribution in [0.15, 0.2) is 0 Å². The summed E-state index contributed by atoms with van der Waals surface area (Å²) in [7, 11) is 0. The zero-order chi connectivity index (χ0) is 62.8. The van der Waals surface area contributed by atoms with Crippen LogP contribution in [0.25, 0.3) is 0 Å². The lowest BCUT2D eigenvalue weighted by Crippen LogP contribution is -2.71. The van der Waals surface area contributed by atoms with E-state index >= 15 is 0 Å². The van der Waals surface area contributed by atoms with E-state index in [0.717, 1.165) is 20.8 Å². The third kappa shape index (κ3) is 15.3. The second-order valence-electron chi connectivity index (χ2n) is 21.8. The average molecular weight is 1240 g/mol. The fraction of sp³-hybridized carbons (Fsp3) is 0.938. The van der Waals surface area contributed by atoms with Crippen LogP contribution in [0.4, 0.5) is 0 Å². The molecule has 7 fully saturated rings. The van der Waals surface area contributed by atoms with E-state index in [2.05, 4.69) is 16.0 Å². The minimum atomic E-state index is -2.12. The van der Waals surface area contributed by atoms with Crippen molar-refractivity contribution in [1.82, 2.24) is 16.0 Å². The molecule has 492 valence electrons. The van der Waals surface area contributed by atoms with Gasteiger partial charge in [-0.1, -0.05) is 0 Å². The number of aliphatic hydroxyl groups excluding tert-OH is 18. The van der Waals surface area contributed by atoms with Gasteiger partial charge in [-0.05, 0) is 13.8 Å². The fourth-order valence-electron chi connectivity index (χ4n) is 11.0. The maximum atomic E-state index is 12.8. The molecule has 0 aromatic rings. The number of hydrogen-bond donors (Lipinski definition) is 21. The Morgan fingerprint density at radius 3 is 1.08 bits per heavy atom. The van der Waals surface area contributed by atoms with E-state index in [1.54, 1.807) is 0 Å². The molecular formula is C48H81N3O34. The van der Waals surface area contributed by atoms with E-state index in [1.807, 2.05) is 0 Å². The highest BCUT2D eigenvalue weighted by molar-refractivity contribution is 5.74. The largest absolute Gasteiger partial charge is 0.394 e. The van der Waals surface area contributed by atoms with Crippen molar-refractivity contribution < 1.29 is 168 Å². The maximum Gasteiger partial charge on any atom is 0.217 e. The number of carbonyl (C=O) groups excluding carboxylic acids is 3. The Morgan fingerprint density at radius 1 is 0.329 bits per heavy atom. The van der Waals surface area contributed by atoms with Gasteiger partial charge in [0.2, 0.25) is 17.7 Å². The molecule has 7 aliphatic rings. The highest BCUT2D eigenvalue weighted by Crippen LogP contribution is 2.37. The van der Waals surface area contributed by atoms with Gasteiger partial charge in [0.1, 0.15) is 159 Å². The van der Waals surface area contributed by atoms with Gasteiger partial charge in [0, 0.05) is 20.8 Å². The molecule has 0 saturated carbocycles. The van der Waals surface area contributed by atoms with E-state index in [0.29, 0.717) is 0 Å². The Kier molecular flexibility index (Phi) is 24.5. The van der Waals surface area contributed by atoms with Crippen molar-refractivity contribution in [2.45, 2.75) is 249 Å². The smallest absolute Gasteiger partial charge is 0.217 e. The number of aliphatic hydroxyl groups is 18. The molecule has 7 heterocycles. The normalized spacial score (nSPS) is 49.8. The van der Waals surface area contributed by atoms with Crippen LogP contribution in [-0.2, 0) is 76.0 Å². The minimum Gasteiger partial charge on any atom is -0.394 e. The molecule has 0 aromatic heterocycles. The van der Waals surface area contributed by atoms with Crippen molar-refractivity contribution in [1.29, 1.82) is 0 Å². The van der Waals surface area contributed by atoms with E-state index in [9.17, 15) is 106 Å². The summed E-state index contributed by atoms with van der Waals surface area (Å²) in [5.41, 5.74) is 0. The van der Waals surface area contributed by atoms with Gasteiger partial charge in [-0.15, -0.1) is 0 Å². The monoisotopic (exact) mass is 1240 g/mol. The van der Waals surface area contributed by atoms with Crippen LogP contribution in [0.1, 0.15) is 34.6 Å². The van der Waals surface area contributed by atoms with Crippen molar-refractivity contribution in [3.05, 3.63) is 0 Å². The molecule has 21 N–H and O–H groups in total. The Bertz CT molecular complexity index is 2150. The Balaban J connectivity index is 1.10. The number of ether oxygens (including phenoxy) is 13. The van der Waals surface area contributed by atoms with Gasteiger partial charge in [0.25, 0.3) is 0 Å². The number of carbonyl (C=O) groups is 3. The van der Waals surface area contributed by atoms with Crippen LogP contribution >= 0.6 is 0 Å². The van der Waals surface area contributed by atoms with Crippen LogP contribution in [-0.4, -0.2) is 357 Å². The second-order valence-corrected chi connectivity index (χ2v) is 21.8. The number of amides is 3. The molecule has 3 amide bonds. The predicted octanol–water partition coefficient (Wildman–Crippen LogP) is -13.8. The third-order valence-corrected chi connectivity index (χ3v) is 15.7. The standard InChI is InChI=1S/C48H81N3O34/c1-11-24(59)31(66)35(70)45(74-11)84-40-33(68)26(61)16(6-52)77-47(40)81-37-18(8-54)79-43(21(29(37)64)49-13(3)56)73-10-20-28(63)39(23(42(72)76-20)51-15(5)58)83-44-22(50-14(4)57)30(65)38(19(9-55)80-44)82-48-41(34(69)27(62)17(7-53)78-48)85-46-36(71)32(67)25(60)12(2)75-46/h11-12,16-48,52-55,59-72H,6-10H2,1-5H3,(H,49,56)(H,50,57)(H,51,58)/t11-,12-,16+,17+,18+,19+,20+,21+,22+,23+,24+,25+,26-,27-,28-,29+,30+,31+,32+,33-,34-,35-,36-,37+,38+,39+,40+,41+,42?,43+,44-,45-,46-,47-,48-/m0/s1. The van der Waals surface area contributed by atoms with Crippen LogP contribution in [0.5, 0.6) is 0 Å². The van der Waals surface area contributed by atoms with E-state index in [-0.39, 0.29) is 0 Å². The summed E-state index contributed by atoms with van der Waals surface area (Å²) in [5.74, 6) is -2.51. The maximum absolute atomic E-state index is 12.8. The Hall–Kier alpha value is -2.83. The van der Waals surface area contributed by atoms with E-state index in [1.165, 1.54) is 13.8 Å². The number of hydrogen-bond acceptors (Lipinski definition) is 34. The van der Waals surface area contributed by atoms with Crippen LogP contribution < -0.4 is 16.0 Å². The minimum absolute atomic E-state index is 0.820. The van der Waals surface area contributed by atoms with Gasteiger partial charge in [-0.2, -0.15) is 0 Å². The molecule has 85 heavy (non-hydrogen) atoms. The summed E-state index contributed by atoms with van der Waals surface area (Å²) < 4.78 is 75.7. The van der Waals surface area contributed by atoms with Crippen molar-refractivity contribution in [3.63, 3.8) is 0 Å². The lowest BCUT2D eigenvalue weighted by Gasteiger charge is -2.50. The van der Waals surface area contributed by atoms with Crippen molar-refractivity contribution in [2.24, 2.45) is 0 Å². The van der Waals surface area contributed by atoms with Gasteiger partial charge in [0.15, 0.2) is 44.0 Å². The molecular weight excluding hydrogens is 1160 g/mol. The van der Waals surface area contributed by atoms with Crippen molar-refractivity contribution in [2.75, 3.05) is 33.0 Å². The SMILES string of the molecule is CC(=O)N[C@H]1[C@H](OC[C@H]2OC(O)[C@H](NC(C)=O)[C@@H](O[C@@H]3O[C@H](CO)[C@@H](O[C@@H]4O[C@H](CO)[C@H](O)[C@H](O)[C@H]4O[C@@H]4O[C@@H](C)[C@@H](O)[C@@H](O)[C@@H]4O)[C@H](O)[C@H]3NC(C)=O)[C@H]2O)O[C@H](CO)[C@@H](O[C@@H]2O[C@H](CO)[C@H](O)[C@H](O)[C@H]2O[C@@H]2O[C@@H](C)[C@@H](O)[C@@H](O)[C@@H]2O)[C@@H]1O. The van der Waals surface area contributed by atoms with Gasteiger partial charge in [-0.25, -0.2) is 0 Å². The molecule has 7 rings (SSSR count). The highest BCUT2D eigenvalue weighted by Gasteiger charge is 2.58. The summed E-state index contributed by atoms with van der Waals surface area (Å²) in [6, 6.07) is -5.24. The summed E-state index contributed by atoms with van der Waals surface area (Å²) in [6.07, 6.45) is -58.4. The molecule has 0 radical (unpaired) electrons. The van der Waals surface area contributed by atoms with Crippen LogP contribution in [0.3, 0.4) is 0 Å². The Labute approximate surface area is 483 Å². The molecule has 7 saturated heterocycles. The molecule has 0 bridgehead atoms. The second kappa shape index (κ2) is 29.9. The first-order valence-corrected chi connectivity index (χ1v) is 27.3. The zero-order valence-corrected chi connectivity index (χ0v) is 46.3. The molecule has 7 aliphatic heterocycles. The zero-order valence-electron chi connectivity index (χ0n) is 46.3. The van der Waals surface area contributed by atoms with Crippen molar-refractivity contribution >= 4 is 17.7 Å². The quantitative estimate of drug-likeness (QED) is 0.0538. The average Bonchev–Trinajstić information content (AvgIpc) is 3.12. The first kappa shape index (κ1) is 69.6. The number of nitrogens with one attached hydrogen (secondary N) is 3. The summed E-state index contributed by atoms with van der Waals surface area (Å²) >= 11 is 0. The van der Waals surface area contributed by atoms with E-state index < -0.39 is 266 Å². The van der Waals surface area contributed by atoms with Gasteiger partial charge < -0.3 is 169 Å². The molecule has 35 atom stereocenters. The lowest BCUT2D eigenvalue weighted by atomic mass is 9.93. The van der Waals surface area contributed by atoms with Gasteiger partial charge in [0.05, 0.1) is 45.2 Å². The molecule has 1 unspecified atom stereocenters. The molecule has 0 spiro atoms. The molecule has 0 aliphatic carbocycles. The highest BCUT2D eigenvalue weighted by atomic mass is 16.8. The van der Waals surface area contributed by atoms with Crippen molar-refractivity contribution in [3.8, 4) is 0 Å². The predicted molar refractivity (Wildman–Crippen MR) is 264 cm³/mol. The summed E-state index contributed by atoms with van der Waals surface area (Å²) in [6.45, 7) is 0.864. The molecule has 0 aromatic carbocycles. The van der Waals surface area contributed by atoms with Crippen LogP contribution in [0.2, 0.25) is 0 Å².